The molecule has 0 aliphatic carbocycles. The summed E-state index contributed by atoms with van der Waals surface area (Å²) < 4.78 is 5.05. The molecule has 2 rings (SSSR count). The molecule has 1 aromatic carbocycles. The van der Waals surface area contributed by atoms with Crippen LogP contribution in [-0.2, 0) is 19.1 Å². The normalized spacial score (nSPS) is 18.8. The lowest BCUT2D eigenvalue weighted by Crippen LogP contribution is -2.39. The van der Waals surface area contributed by atoms with Gasteiger partial charge < -0.3 is 15.4 Å². The first kappa shape index (κ1) is 15.3. The van der Waals surface area contributed by atoms with Crippen molar-refractivity contribution in [2.45, 2.75) is 31.9 Å². The molecule has 1 aromatic rings. The summed E-state index contributed by atoms with van der Waals surface area (Å²) in [5, 5.41) is 5.67. The predicted molar refractivity (Wildman–Crippen MR) is 76.8 cm³/mol. The average Bonchev–Trinajstić information content (AvgIpc) is 2.88. The van der Waals surface area contributed by atoms with E-state index in [0.29, 0.717) is 23.6 Å². The van der Waals surface area contributed by atoms with Crippen LogP contribution in [0, 0.1) is 0 Å². The Morgan fingerprint density at radius 2 is 2.05 bits per heavy atom. The molecular weight excluding hydrogens is 296 g/mol. The van der Waals surface area contributed by atoms with Crippen molar-refractivity contribution in [3.8, 4) is 0 Å². The first-order chi connectivity index (χ1) is 9.95. The summed E-state index contributed by atoms with van der Waals surface area (Å²) in [5.41, 5.74) is 0.557. The van der Waals surface area contributed by atoms with Crippen LogP contribution < -0.4 is 10.6 Å². The third kappa shape index (κ3) is 4.19. The number of rotatable bonds is 4. The van der Waals surface area contributed by atoms with Crippen LogP contribution in [0.2, 0.25) is 5.02 Å². The van der Waals surface area contributed by atoms with E-state index in [1.165, 1.54) is 6.92 Å². The van der Waals surface area contributed by atoms with Crippen LogP contribution in [0.1, 0.15) is 19.8 Å². The van der Waals surface area contributed by atoms with Gasteiger partial charge >= 0.3 is 5.97 Å². The summed E-state index contributed by atoms with van der Waals surface area (Å²) in [4.78, 5) is 34.7. The summed E-state index contributed by atoms with van der Waals surface area (Å²) in [6.07, 6.45) is -0.264. The van der Waals surface area contributed by atoms with Crippen molar-refractivity contribution in [3.05, 3.63) is 29.3 Å². The van der Waals surface area contributed by atoms with Crippen LogP contribution >= 0.6 is 11.6 Å². The molecule has 0 radical (unpaired) electrons. The van der Waals surface area contributed by atoms with Gasteiger partial charge in [0.2, 0.25) is 5.91 Å². The quantitative estimate of drug-likeness (QED) is 0.825. The number of amides is 2. The molecule has 1 aliphatic heterocycles. The molecule has 112 valence electrons. The Kier molecular flexibility index (Phi) is 4.80. The van der Waals surface area contributed by atoms with Crippen LogP contribution in [-0.4, -0.2) is 29.9 Å². The molecule has 0 spiro atoms. The molecule has 1 heterocycles. The number of ether oxygens (including phenoxy) is 1. The fourth-order valence-electron chi connectivity index (χ4n) is 1.88. The van der Waals surface area contributed by atoms with Gasteiger partial charge in [-0.2, -0.15) is 0 Å². The van der Waals surface area contributed by atoms with Crippen molar-refractivity contribution >= 4 is 35.1 Å². The number of esters is 1. The number of carbonyl (C=O) groups is 3. The van der Waals surface area contributed by atoms with Crippen molar-refractivity contribution in [2.75, 3.05) is 5.32 Å². The first-order valence-electron chi connectivity index (χ1n) is 6.52. The highest BCUT2D eigenvalue weighted by Gasteiger charge is 2.30. The second kappa shape index (κ2) is 6.58. The fraction of sp³-hybridized carbons (Fsp3) is 0.357. The van der Waals surface area contributed by atoms with Gasteiger partial charge in [0.1, 0.15) is 6.04 Å². The van der Waals surface area contributed by atoms with Gasteiger partial charge in [0.15, 0.2) is 6.10 Å². The molecule has 0 aromatic heterocycles. The lowest BCUT2D eigenvalue weighted by atomic mass is 10.2. The SMILES string of the molecule is C[C@@H](OC(=O)[C@@H]1CCC(=O)N1)C(=O)Nc1ccc(Cl)cc1. The van der Waals surface area contributed by atoms with E-state index in [2.05, 4.69) is 10.6 Å². The van der Waals surface area contributed by atoms with Crippen LogP contribution in [0.25, 0.3) is 0 Å². The van der Waals surface area contributed by atoms with Gasteiger partial charge in [-0.25, -0.2) is 4.79 Å². The second-order valence-electron chi connectivity index (χ2n) is 4.73. The zero-order valence-electron chi connectivity index (χ0n) is 11.4. The number of halogens is 1. The van der Waals surface area contributed by atoms with Gasteiger partial charge in [0.05, 0.1) is 0 Å². The highest BCUT2D eigenvalue weighted by molar-refractivity contribution is 6.30. The molecule has 21 heavy (non-hydrogen) atoms. The molecule has 0 saturated carbocycles. The van der Waals surface area contributed by atoms with Gasteiger partial charge in [-0.05, 0) is 37.6 Å². The molecule has 2 amide bonds. The number of benzene rings is 1. The maximum absolute atomic E-state index is 11.9. The maximum Gasteiger partial charge on any atom is 0.329 e. The lowest BCUT2D eigenvalue weighted by Gasteiger charge is -2.16. The Bertz CT molecular complexity index is 559. The summed E-state index contributed by atoms with van der Waals surface area (Å²) in [5.74, 6) is -1.23. The minimum Gasteiger partial charge on any atom is -0.451 e. The smallest absolute Gasteiger partial charge is 0.329 e. The van der Waals surface area contributed by atoms with Gasteiger partial charge in [0, 0.05) is 17.1 Å². The van der Waals surface area contributed by atoms with Gasteiger partial charge in [0.25, 0.3) is 5.91 Å². The third-order valence-corrected chi connectivity index (χ3v) is 3.31. The van der Waals surface area contributed by atoms with Crippen LogP contribution in [0.3, 0.4) is 0 Å². The number of hydrogen-bond donors (Lipinski definition) is 2. The van der Waals surface area contributed by atoms with Gasteiger partial charge in [-0.1, -0.05) is 11.6 Å². The van der Waals surface area contributed by atoms with E-state index < -0.39 is 24.0 Å². The van der Waals surface area contributed by atoms with Crippen molar-refractivity contribution in [3.63, 3.8) is 0 Å². The second-order valence-corrected chi connectivity index (χ2v) is 5.17. The van der Waals surface area contributed by atoms with E-state index in [9.17, 15) is 14.4 Å². The molecule has 0 bridgehead atoms. The Labute approximate surface area is 126 Å². The van der Waals surface area contributed by atoms with E-state index >= 15 is 0 Å². The van der Waals surface area contributed by atoms with Crippen LogP contribution in [0.15, 0.2) is 24.3 Å². The maximum atomic E-state index is 11.9. The van der Waals surface area contributed by atoms with Crippen LogP contribution in [0.4, 0.5) is 5.69 Å². The van der Waals surface area contributed by atoms with Crippen molar-refractivity contribution < 1.29 is 19.1 Å². The molecule has 2 N–H and O–H groups in total. The summed E-state index contributed by atoms with van der Waals surface area (Å²) in [7, 11) is 0. The third-order valence-electron chi connectivity index (χ3n) is 3.05. The van der Waals surface area contributed by atoms with E-state index in [4.69, 9.17) is 16.3 Å². The van der Waals surface area contributed by atoms with Crippen molar-refractivity contribution in [2.24, 2.45) is 0 Å². The fourth-order valence-corrected chi connectivity index (χ4v) is 2.00. The highest BCUT2D eigenvalue weighted by Crippen LogP contribution is 2.14. The Morgan fingerprint density at radius 3 is 2.62 bits per heavy atom. The highest BCUT2D eigenvalue weighted by atomic mass is 35.5. The molecule has 1 aliphatic rings. The summed E-state index contributed by atoms with van der Waals surface area (Å²) >= 11 is 5.75. The molecular formula is C14H15ClN2O4. The summed E-state index contributed by atoms with van der Waals surface area (Å²) in [6, 6.07) is 5.91. The monoisotopic (exact) mass is 310 g/mol. The standard InChI is InChI=1S/C14H15ClN2O4/c1-8(21-14(20)11-6-7-12(18)17-11)13(19)16-10-4-2-9(15)3-5-10/h2-5,8,11H,6-7H2,1H3,(H,16,19)(H,17,18)/t8-,11+/m1/s1. The predicted octanol–water partition coefficient (Wildman–Crippen LogP) is 1.49. The van der Waals surface area contributed by atoms with Crippen molar-refractivity contribution in [1.82, 2.24) is 5.32 Å². The Hall–Kier alpha value is -2.08. The minimum absolute atomic E-state index is 0.185. The number of nitrogens with one attached hydrogen (secondary N) is 2. The van der Waals surface area contributed by atoms with Gasteiger partial charge in [-0.15, -0.1) is 0 Å². The van der Waals surface area contributed by atoms with E-state index in [1.54, 1.807) is 24.3 Å². The molecule has 7 heteroatoms. The molecule has 6 nitrogen and oxygen atoms in total. The van der Waals surface area contributed by atoms with E-state index in [0.717, 1.165) is 0 Å². The minimum atomic E-state index is -0.953. The zero-order chi connectivity index (χ0) is 15.4. The zero-order valence-corrected chi connectivity index (χ0v) is 12.1. The van der Waals surface area contributed by atoms with E-state index in [-0.39, 0.29) is 5.91 Å². The molecule has 2 atom stereocenters. The Morgan fingerprint density at radius 1 is 1.38 bits per heavy atom. The van der Waals surface area contributed by atoms with E-state index in [1.807, 2.05) is 0 Å². The number of carbonyl (C=O) groups excluding carboxylic acids is 3. The average molecular weight is 311 g/mol. The first-order valence-corrected chi connectivity index (χ1v) is 6.90. The van der Waals surface area contributed by atoms with Crippen molar-refractivity contribution in [1.29, 1.82) is 0 Å². The van der Waals surface area contributed by atoms with Gasteiger partial charge in [-0.3, -0.25) is 9.59 Å². The summed E-state index contributed by atoms with van der Waals surface area (Å²) in [6.45, 7) is 1.47. The molecule has 0 unspecified atom stereocenters. The number of hydrogen-bond acceptors (Lipinski definition) is 4. The largest absolute Gasteiger partial charge is 0.451 e. The number of anilines is 1. The lowest BCUT2D eigenvalue weighted by molar-refractivity contribution is -0.155. The molecule has 1 fully saturated rings. The Balaban J connectivity index is 1.86. The molecule has 1 saturated heterocycles. The topological polar surface area (TPSA) is 84.5 Å². The van der Waals surface area contributed by atoms with Crippen LogP contribution in [0.5, 0.6) is 0 Å².